The van der Waals surface area contributed by atoms with Gasteiger partial charge in [-0.2, -0.15) is 0 Å². The van der Waals surface area contributed by atoms with Gasteiger partial charge in [-0.3, -0.25) is 0 Å². The van der Waals surface area contributed by atoms with Gasteiger partial charge in [-0.05, 0) is 43.4 Å². The first-order valence-corrected chi connectivity index (χ1v) is 7.28. The largest absolute Gasteiger partial charge is 0.465 e. The zero-order valence-corrected chi connectivity index (χ0v) is 12.5. The summed E-state index contributed by atoms with van der Waals surface area (Å²) < 4.78 is 4.79. The van der Waals surface area contributed by atoms with Crippen LogP contribution >= 0.6 is 0 Å². The normalized spacial score (nSPS) is 22.4. The summed E-state index contributed by atoms with van der Waals surface area (Å²) in [4.78, 5) is 11.8. The van der Waals surface area contributed by atoms with Crippen LogP contribution in [0.25, 0.3) is 0 Å². The zero-order valence-electron chi connectivity index (χ0n) is 12.5. The molecule has 1 aromatic rings. The second-order valence-corrected chi connectivity index (χ2v) is 5.76. The lowest BCUT2D eigenvalue weighted by atomic mass is 9.85. The minimum Gasteiger partial charge on any atom is -0.465 e. The first-order valence-electron chi connectivity index (χ1n) is 7.28. The molecule has 1 aromatic carbocycles. The summed E-state index contributed by atoms with van der Waals surface area (Å²) in [7, 11) is 1.38. The predicted octanol–water partition coefficient (Wildman–Crippen LogP) is 3.35. The molecule has 2 rings (SSSR count). The minimum atomic E-state index is -0.383. The van der Waals surface area contributed by atoms with Crippen LogP contribution in [0, 0.1) is 12.8 Å². The lowest BCUT2D eigenvalue weighted by Crippen LogP contribution is -2.30. The molecule has 0 heterocycles. The fourth-order valence-electron chi connectivity index (χ4n) is 2.91. The van der Waals surface area contributed by atoms with E-state index in [9.17, 15) is 4.79 Å². The first kappa shape index (κ1) is 14.7. The lowest BCUT2D eigenvalue weighted by molar-refractivity contribution is 0.0602. The number of methoxy groups -OCH3 is 1. The maximum absolute atomic E-state index is 11.8. The molecule has 4 heteroatoms. The number of esters is 1. The average Bonchev–Trinajstić information content (AvgIpc) is 2.44. The van der Waals surface area contributed by atoms with E-state index in [1.54, 1.807) is 6.07 Å². The van der Waals surface area contributed by atoms with Crippen molar-refractivity contribution < 1.29 is 9.53 Å². The molecule has 0 bridgehead atoms. The molecule has 3 N–H and O–H groups in total. The number of ether oxygens (including phenoxy) is 1. The number of aryl methyl sites for hydroxylation is 1. The summed E-state index contributed by atoms with van der Waals surface area (Å²) in [6.07, 6.45) is 5.01. The monoisotopic (exact) mass is 276 g/mol. The molecule has 1 aliphatic carbocycles. The molecule has 0 aliphatic heterocycles. The van der Waals surface area contributed by atoms with Crippen molar-refractivity contribution in [1.82, 2.24) is 0 Å². The van der Waals surface area contributed by atoms with Crippen molar-refractivity contribution >= 4 is 17.3 Å². The number of hydrogen-bond acceptors (Lipinski definition) is 4. The molecule has 0 saturated heterocycles. The van der Waals surface area contributed by atoms with Crippen LogP contribution in [0.1, 0.15) is 48.5 Å². The van der Waals surface area contributed by atoms with E-state index in [4.69, 9.17) is 10.5 Å². The minimum absolute atomic E-state index is 0.383. The number of hydrogen-bond donors (Lipinski definition) is 2. The Hall–Kier alpha value is -1.71. The summed E-state index contributed by atoms with van der Waals surface area (Å²) in [5.41, 5.74) is 8.76. The van der Waals surface area contributed by atoms with Gasteiger partial charge in [-0.15, -0.1) is 0 Å². The van der Waals surface area contributed by atoms with Gasteiger partial charge in [-0.1, -0.05) is 19.8 Å². The quantitative estimate of drug-likeness (QED) is 0.656. The summed E-state index contributed by atoms with van der Waals surface area (Å²) >= 11 is 0. The molecule has 0 radical (unpaired) electrons. The third-order valence-electron chi connectivity index (χ3n) is 4.26. The Morgan fingerprint density at radius 3 is 2.70 bits per heavy atom. The summed E-state index contributed by atoms with van der Waals surface area (Å²) in [5, 5.41) is 3.55. The highest BCUT2D eigenvalue weighted by Crippen LogP contribution is 2.29. The van der Waals surface area contributed by atoms with E-state index >= 15 is 0 Å². The van der Waals surface area contributed by atoms with Crippen LogP contribution in [0.2, 0.25) is 0 Å². The Labute approximate surface area is 120 Å². The maximum Gasteiger partial charge on any atom is 0.340 e. The zero-order chi connectivity index (χ0) is 14.7. The highest BCUT2D eigenvalue weighted by Gasteiger charge is 2.22. The van der Waals surface area contributed by atoms with Crippen molar-refractivity contribution in [2.45, 2.75) is 45.6 Å². The Kier molecular flexibility index (Phi) is 4.53. The molecule has 20 heavy (non-hydrogen) atoms. The van der Waals surface area contributed by atoms with E-state index in [2.05, 4.69) is 12.2 Å². The Morgan fingerprint density at radius 2 is 2.05 bits per heavy atom. The van der Waals surface area contributed by atoms with E-state index in [1.807, 2.05) is 13.0 Å². The predicted molar refractivity (Wildman–Crippen MR) is 82.0 cm³/mol. The van der Waals surface area contributed by atoms with Crippen LogP contribution in [-0.2, 0) is 4.74 Å². The number of rotatable bonds is 3. The van der Waals surface area contributed by atoms with Crippen LogP contribution in [0.15, 0.2) is 12.1 Å². The van der Waals surface area contributed by atoms with E-state index in [-0.39, 0.29) is 5.97 Å². The van der Waals surface area contributed by atoms with Gasteiger partial charge in [0.1, 0.15) is 0 Å². The van der Waals surface area contributed by atoms with Crippen LogP contribution in [0.3, 0.4) is 0 Å². The van der Waals surface area contributed by atoms with Gasteiger partial charge < -0.3 is 15.8 Å². The molecule has 1 saturated carbocycles. The highest BCUT2D eigenvalue weighted by atomic mass is 16.5. The molecule has 1 aliphatic rings. The third kappa shape index (κ3) is 3.06. The molecular weight excluding hydrogens is 252 g/mol. The molecule has 2 atom stereocenters. The van der Waals surface area contributed by atoms with Crippen LogP contribution < -0.4 is 11.1 Å². The molecule has 4 nitrogen and oxygen atoms in total. The standard InChI is InChI=1S/C16H24N2O2/c1-10-6-4-5-7-14(10)18-12-8-11(2)15(17)13(9-12)16(19)20-3/h8-10,14,18H,4-7,17H2,1-3H3. The van der Waals surface area contributed by atoms with Crippen molar-refractivity contribution in [2.75, 3.05) is 18.2 Å². The van der Waals surface area contributed by atoms with E-state index in [0.717, 1.165) is 11.3 Å². The molecule has 0 spiro atoms. The van der Waals surface area contributed by atoms with E-state index in [0.29, 0.717) is 23.2 Å². The van der Waals surface area contributed by atoms with Gasteiger partial charge in [0.15, 0.2) is 0 Å². The van der Waals surface area contributed by atoms with Crippen molar-refractivity contribution in [3.05, 3.63) is 23.3 Å². The average molecular weight is 276 g/mol. The number of carbonyl (C=O) groups is 1. The van der Waals surface area contributed by atoms with Gasteiger partial charge >= 0.3 is 5.97 Å². The topological polar surface area (TPSA) is 64.3 Å². The maximum atomic E-state index is 11.8. The molecule has 110 valence electrons. The third-order valence-corrected chi connectivity index (χ3v) is 4.26. The van der Waals surface area contributed by atoms with Crippen LogP contribution in [-0.4, -0.2) is 19.1 Å². The first-order chi connectivity index (χ1) is 9.52. The number of nitrogens with one attached hydrogen (secondary N) is 1. The second kappa shape index (κ2) is 6.16. The number of benzene rings is 1. The Balaban J connectivity index is 2.23. The van der Waals surface area contributed by atoms with Gasteiger partial charge in [0, 0.05) is 17.4 Å². The van der Waals surface area contributed by atoms with Crippen LogP contribution in [0.4, 0.5) is 11.4 Å². The number of nitrogens with two attached hydrogens (primary N) is 1. The van der Waals surface area contributed by atoms with E-state index in [1.165, 1.54) is 32.8 Å². The number of carbonyl (C=O) groups excluding carboxylic acids is 1. The van der Waals surface area contributed by atoms with Gasteiger partial charge in [0.25, 0.3) is 0 Å². The van der Waals surface area contributed by atoms with Crippen molar-refractivity contribution in [2.24, 2.45) is 5.92 Å². The summed E-state index contributed by atoms with van der Waals surface area (Å²) in [6.45, 7) is 4.19. The van der Waals surface area contributed by atoms with Gasteiger partial charge in [-0.25, -0.2) is 4.79 Å². The van der Waals surface area contributed by atoms with E-state index < -0.39 is 0 Å². The Bertz CT molecular complexity index is 499. The molecule has 0 aromatic heterocycles. The lowest BCUT2D eigenvalue weighted by Gasteiger charge is -2.30. The summed E-state index contributed by atoms with van der Waals surface area (Å²) in [6, 6.07) is 4.27. The van der Waals surface area contributed by atoms with Crippen molar-refractivity contribution in [1.29, 1.82) is 0 Å². The molecular formula is C16H24N2O2. The van der Waals surface area contributed by atoms with Gasteiger partial charge in [0.05, 0.1) is 12.7 Å². The molecule has 2 unspecified atom stereocenters. The summed E-state index contributed by atoms with van der Waals surface area (Å²) in [5.74, 6) is 0.272. The SMILES string of the molecule is COC(=O)c1cc(NC2CCCCC2C)cc(C)c1N. The molecule has 0 amide bonds. The molecule has 1 fully saturated rings. The fourth-order valence-corrected chi connectivity index (χ4v) is 2.91. The highest BCUT2D eigenvalue weighted by molar-refractivity contribution is 5.97. The number of nitrogen functional groups attached to an aromatic ring is 1. The fraction of sp³-hybridized carbons (Fsp3) is 0.562. The van der Waals surface area contributed by atoms with Crippen molar-refractivity contribution in [3.63, 3.8) is 0 Å². The number of anilines is 2. The second-order valence-electron chi connectivity index (χ2n) is 5.76. The Morgan fingerprint density at radius 1 is 1.35 bits per heavy atom. The van der Waals surface area contributed by atoms with Crippen molar-refractivity contribution in [3.8, 4) is 0 Å². The smallest absolute Gasteiger partial charge is 0.340 e. The van der Waals surface area contributed by atoms with Gasteiger partial charge in [0.2, 0.25) is 0 Å². The van der Waals surface area contributed by atoms with Crippen LogP contribution in [0.5, 0.6) is 0 Å².